The zero-order valence-corrected chi connectivity index (χ0v) is 19.6. The maximum Gasteiger partial charge on any atom is 0.271 e. The summed E-state index contributed by atoms with van der Waals surface area (Å²) in [5.74, 6) is -0.775. The first-order chi connectivity index (χ1) is 17.5. The molecule has 36 heavy (non-hydrogen) atoms. The standard InChI is InChI=1S/C27H24N4O5/c1-36-22-13-11-18(12-14-22)24-23-25(32)30(20-9-5-10-21(17-20)31(34)35)26(33)27(23,19-7-3-2-4-8-19)29-16-6-15-28(24)29/h2-5,7-14,17,23-24H,6,15-16H2,1H3/t23-,24+,27+/m0/s1. The van der Waals surface area contributed by atoms with Crippen LogP contribution < -0.4 is 9.64 Å². The highest BCUT2D eigenvalue weighted by Gasteiger charge is 2.73. The second-order valence-electron chi connectivity index (χ2n) is 9.22. The van der Waals surface area contributed by atoms with Crippen LogP contribution in [0.3, 0.4) is 0 Å². The lowest BCUT2D eigenvalue weighted by molar-refractivity contribution is -0.384. The first kappa shape index (κ1) is 22.4. The predicted octanol–water partition coefficient (Wildman–Crippen LogP) is 3.67. The molecular formula is C27H24N4O5. The van der Waals surface area contributed by atoms with Crippen molar-refractivity contribution in [1.29, 1.82) is 0 Å². The van der Waals surface area contributed by atoms with Crippen LogP contribution in [0.25, 0.3) is 0 Å². The van der Waals surface area contributed by atoms with Gasteiger partial charge < -0.3 is 4.74 Å². The number of carbonyl (C=O) groups is 2. The van der Waals surface area contributed by atoms with E-state index in [1.54, 1.807) is 13.2 Å². The molecule has 182 valence electrons. The molecule has 6 rings (SSSR count). The van der Waals surface area contributed by atoms with Crippen LogP contribution in [0, 0.1) is 16.0 Å². The monoisotopic (exact) mass is 484 g/mol. The number of hydrogen-bond acceptors (Lipinski definition) is 7. The van der Waals surface area contributed by atoms with Crippen molar-refractivity contribution in [3.05, 3.63) is 100 Å². The number of nitro benzene ring substituents is 1. The fourth-order valence-electron chi connectivity index (χ4n) is 6.13. The van der Waals surface area contributed by atoms with E-state index >= 15 is 0 Å². The molecule has 0 aromatic heterocycles. The number of anilines is 1. The van der Waals surface area contributed by atoms with E-state index in [4.69, 9.17) is 4.74 Å². The summed E-state index contributed by atoms with van der Waals surface area (Å²) in [7, 11) is 1.60. The fourth-order valence-corrected chi connectivity index (χ4v) is 6.13. The van der Waals surface area contributed by atoms with Gasteiger partial charge in [0.1, 0.15) is 5.75 Å². The number of hydrazine groups is 1. The Morgan fingerprint density at radius 2 is 1.72 bits per heavy atom. The molecule has 3 heterocycles. The molecule has 3 aliphatic heterocycles. The van der Waals surface area contributed by atoms with E-state index in [0.717, 1.165) is 29.0 Å². The zero-order chi connectivity index (χ0) is 25.0. The number of benzene rings is 3. The van der Waals surface area contributed by atoms with Crippen molar-refractivity contribution in [2.24, 2.45) is 5.92 Å². The van der Waals surface area contributed by atoms with Crippen molar-refractivity contribution in [3.63, 3.8) is 0 Å². The molecule has 3 aliphatic rings. The highest BCUT2D eigenvalue weighted by Crippen LogP contribution is 2.59. The molecule has 0 saturated carbocycles. The third-order valence-electron chi connectivity index (χ3n) is 7.55. The van der Waals surface area contributed by atoms with Crippen LogP contribution >= 0.6 is 0 Å². The number of non-ortho nitro benzene ring substituents is 1. The maximum atomic E-state index is 14.5. The molecular weight excluding hydrogens is 460 g/mol. The Balaban J connectivity index is 1.57. The minimum atomic E-state index is -1.25. The minimum absolute atomic E-state index is 0.173. The number of ether oxygens (including phenoxy) is 1. The number of fused-ring (bicyclic) bond motifs is 3. The Hall–Kier alpha value is -4.08. The van der Waals surface area contributed by atoms with Gasteiger partial charge in [0.2, 0.25) is 5.91 Å². The van der Waals surface area contributed by atoms with Gasteiger partial charge in [-0.05, 0) is 35.7 Å². The van der Waals surface area contributed by atoms with Crippen LogP contribution in [0.15, 0.2) is 78.9 Å². The Morgan fingerprint density at radius 3 is 2.42 bits per heavy atom. The molecule has 3 aromatic rings. The van der Waals surface area contributed by atoms with Crippen LogP contribution in [0.5, 0.6) is 5.75 Å². The second kappa shape index (κ2) is 8.25. The van der Waals surface area contributed by atoms with E-state index in [-0.39, 0.29) is 29.2 Å². The number of carbonyl (C=O) groups excluding carboxylic acids is 2. The number of hydrogen-bond donors (Lipinski definition) is 0. The summed E-state index contributed by atoms with van der Waals surface area (Å²) in [6.07, 6.45) is 0.853. The summed E-state index contributed by atoms with van der Waals surface area (Å²) < 4.78 is 5.33. The average Bonchev–Trinajstić information content (AvgIpc) is 3.55. The SMILES string of the molecule is COc1ccc([C@@H]2[C@H]3C(=O)N(c4cccc([N+](=O)[O-])c4)C(=O)[C@]3(c3ccccc3)N3CCCN23)cc1. The summed E-state index contributed by atoms with van der Waals surface area (Å²) in [5.41, 5.74) is 0.442. The predicted molar refractivity (Wildman–Crippen MR) is 131 cm³/mol. The molecule has 3 saturated heterocycles. The van der Waals surface area contributed by atoms with Gasteiger partial charge in [0, 0.05) is 25.2 Å². The van der Waals surface area contributed by atoms with Crippen LogP contribution in [0.2, 0.25) is 0 Å². The second-order valence-corrected chi connectivity index (χ2v) is 9.22. The Morgan fingerprint density at radius 1 is 0.972 bits per heavy atom. The van der Waals surface area contributed by atoms with Gasteiger partial charge in [0.25, 0.3) is 11.6 Å². The topological polar surface area (TPSA) is 96.2 Å². The highest BCUT2D eigenvalue weighted by atomic mass is 16.6. The minimum Gasteiger partial charge on any atom is -0.497 e. The van der Waals surface area contributed by atoms with Crippen LogP contribution in [0.1, 0.15) is 23.6 Å². The number of nitrogens with zero attached hydrogens (tertiary/aromatic N) is 4. The molecule has 3 fully saturated rings. The Bertz CT molecular complexity index is 1360. The van der Waals surface area contributed by atoms with Crippen LogP contribution in [-0.2, 0) is 15.1 Å². The zero-order valence-electron chi connectivity index (χ0n) is 19.6. The van der Waals surface area contributed by atoms with E-state index in [0.29, 0.717) is 12.3 Å². The van der Waals surface area contributed by atoms with Crippen molar-refractivity contribution in [3.8, 4) is 5.75 Å². The quantitative estimate of drug-likeness (QED) is 0.310. The molecule has 0 bridgehead atoms. The van der Waals surface area contributed by atoms with E-state index in [9.17, 15) is 19.7 Å². The first-order valence-electron chi connectivity index (χ1n) is 11.8. The summed E-state index contributed by atoms with van der Waals surface area (Å²) in [5, 5.41) is 15.7. The number of nitro groups is 1. The molecule has 2 amide bonds. The van der Waals surface area contributed by atoms with Gasteiger partial charge in [-0.15, -0.1) is 0 Å². The molecule has 9 heteroatoms. The molecule has 0 radical (unpaired) electrons. The van der Waals surface area contributed by atoms with Crippen molar-refractivity contribution >= 4 is 23.2 Å². The summed E-state index contributed by atoms with van der Waals surface area (Å²) in [6, 6.07) is 22.3. The summed E-state index contributed by atoms with van der Waals surface area (Å²) in [4.78, 5) is 40.8. The normalized spacial score (nSPS) is 25.8. The Labute approximate surface area is 207 Å². The molecule has 0 unspecified atom stereocenters. The molecule has 3 aromatic carbocycles. The van der Waals surface area contributed by atoms with Crippen LogP contribution in [0.4, 0.5) is 11.4 Å². The lowest BCUT2D eigenvalue weighted by Gasteiger charge is -2.36. The molecule has 0 aliphatic carbocycles. The average molecular weight is 485 g/mol. The largest absolute Gasteiger partial charge is 0.497 e. The van der Waals surface area contributed by atoms with Gasteiger partial charge in [-0.2, -0.15) is 0 Å². The summed E-state index contributed by atoms with van der Waals surface area (Å²) >= 11 is 0. The smallest absolute Gasteiger partial charge is 0.271 e. The molecule has 3 atom stereocenters. The molecule has 0 N–H and O–H groups in total. The molecule has 9 nitrogen and oxygen atoms in total. The number of imide groups is 1. The lowest BCUT2D eigenvalue weighted by Crippen LogP contribution is -2.52. The third-order valence-corrected chi connectivity index (χ3v) is 7.55. The van der Waals surface area contributed by atoms with Gasteiger partial charge in [0.05, 0.1) is 29.7 Å². The van der Waals surface area contributed by atoms with Crippen molar-refractivity contribution in [1.82, 2.24) is 10.0 Å². The highest BCUT2D eigenvalue weighted by molar-refractivity contribution is 6.26. The van der Waals surface area contributed by atoms with Crippen LogP contribution in [-0.4, -0.2) is 47.0 Å². The van der Waals surface area contributed by atoms with Gasteiger partial charge >= 0.3 is 0 Å². The van der Waals surface area contributed by atoms with Crippen molar-refractivity contribution in [2.45, 2.75) is 18.0 Å². The van der Waals surface area contributed by atoms with E-state index in [1.807, 2.05) is 54.6 Å². The number of rotatable bonds is 5. The molecule has 0 spiro atoms. The van der Waals surface area contributed by atoms with Gasteiger partial charge in [-0.3, -0.25) is 19.7 Å². The third kappa shape index (κ3) is 2.96. The van der Waals surface area contributed by atoms with E-state index < -0.39 is 16.4 Å². The summed E-state index contributed by atoms with van der Waals surface area (Å²) in [6.45, 7) is 1.35. The maximum absolute atomic E-state index is 14.5. The van der Waals surface area contributed by atoms with Crippen molar-refractivity contribution < 1.29 is 19.2 Å². The van der Waals surface area contributed by atoms with Crippen molar-refractivity contribution in [2.75, 3.05) is 25.1 Å². The van der Waals surface area contributed by atoms with Gasteiger partial charge in [-0.1, -0.05) is 48.5 Å². The fraction of sp³-hybridized carbons (Fsp3) is 0.259. The lowest BCUT2D eigenvalue weighted by atomic mass is 9.75. The van der Waals surface area contributed by atoms with E-state index in [1.165, 1.54) is 18.2 Å². The van der Waals surface area contributed by atoms with Gasteiger partial charge in [-0.25, -0.2) is 14.9 Å². The Kier molecular flexibility index (Phi) is 5.13. The first-order valence-corrected chi connectivity index (χ1v) is 11.8. The number of amides is 2. The van der Waals surface area contributed by atoms with E-state index in [2.05, 4.69) is 10.0 Å². The van der Waals surface area contributed by atoms with Gasteiger partial charge in [0.15, 0.2) is 5.54 Å². The number of methoxy groups -OCH3 is 1.